The number of amides is 2. The molecule has 1 saturated heterocycles. The van der Waals surface area contributed by atoms with Gasteiger partial charge in [-0.15, -0.1) is 0 Å². The van der Waals surface area contributed by atoms with Crippen LogP contribution in [0.5, 0.6) is 0 Å². The Morgan fingerprint density at radius 2 is 1.68 bits per heavy atom. The SMILES string of the molecule is CC(C)(C)CC(=O)N(CCN1CCOCC1)CC(=O)N(CCc1ccccc1)Cc1ccco1. The largest absolute Gasteiger partial charge is 0.467 e. The highest BCUT2D eigenvalue weighted by Crippen LogP contribution is 2.20. The molecule has 1 fully saturated rings. The van der Waals surface area contributed by atoms with E-state index in [0.717, 1.165) is 31.8 Å². The zero-order chi connectivity index (χ0) is 24.4. The summed E-state index contributed by atoms with van der Waals surface area (Å²) in [7, 11) is 0. The first-order valence-electron chi connectivity index (χ1n) is 12.2. The van der Waals surface area contributed by atoms with Crippen molar-refractivity contribution >= 4 is 11.8 Å². The molecule has 0 radical (unpaired) electrons. The highest BCUT2D eigenvalue weighted by molar-refractivity contribution is 5.85. The zero-order valence-corrected chi connectivity index (χ0v) is 20.9. The second kappa shape index (κ2) is 12.7. The van der Waals surface area contributed by atoms with Crippen LogP contribution in [0.25, 0.3) is 0 Å². The van der Waals surface area contributed by atoms with Crippen LogP contribution in [0.4, 0.5) is 0 Å². The van der Waals surface area contributed by atoms with Crippen molar-refractivity contribution in [1.29, 1.82) is 0 Å². The molecule has 7 heteroatoms. The van der Waals surface area contributed by atoms with Gasteiger partial charge in [0.1, 0.15) is 5.76 Å². The first-order chi connectivity index (χ1) is 16.3. The van der Waals surface area contributed by atoms with Crippen molar-refractivity contribution in [3.05, 3.63) is 60.1 Å². The lowest BCUT2D eigenvalue weighted by Gasteiger charge is -2.32. The molecule has 3 rings (SSSR count). The molecule has 1 aromatic carbocycles. The number of ether oxygens (including phenoxy) is 1. The molecule has 0 aliphatic carbocycles. The van der Waals surface area contributed by atoms with Crippen molar-refractivity contribution < 1.29 is 18.7 Å². The number of carbonyl (C=O) groups is 2. The van der Waals surface area contributed by atoms with Gasteiger partial charge in [0.15, 0.2) is 0 Å². The van der Waals surface area contributed by atoms with Gasteiger partial charge in [-0.05, 0) is 29.5 Å². The maximum Gasteiger partial charge on any atom is 0.242 e. The molecule has 7 nitrogen and oxygen atoms in total. The molecule has 0 unspecified atom stereocenters. The Morgan fingerprint density at radius 3 is 2.32 bits per heavy atom. The van der Waals surface area contributed by atoms with E-state index in [2.05, 4.69) is 37.8 Å². The molecule has 0 saturated carbocycles. The maximum atomic E-state index is 13.5. The van der Waals surface area contributed by atoms with E-state index in [1.54, 1.807) is 16.1 Å². The topological polar surface area (TPSA) is 66.2 Å². The molecule has 186 valence electrons. The quantitative estimate of drug-likeness (QED) is 0.504. The van der Waals surface area contributed by atoms with Crippen LogP contribution in [-0.2, 0) is 27.3 Å². The van der Waals surface area contributed by atoms with Crippen LogP contribution in [0.2, 0.25) is 0 Å². The van der Waals surface area contributed by atoms with E-state index < -0.39 is 0 Å². The molecular weight excluding hydrogens is 430 g/mol. The van der Waals surface area contributed by atoms with Crippen molar-refractivity contribution in [2.24, 2.45) is 5.41 Å². The second-order valence-corrected chi connectivity index (χ2v) is 10.1. The van der Waals surface area contributed by atoms with Crippen LogP contribution in [0.15, 0.2) is 53.1 Å². The summed E-state index contributed by atoms with van der Waals surface area (Å²) in [4.78, 5) is 32.5. The number of nitrogens with zero attached hydrogens (tertiary/aromatic N) is 3. The monoisotopic (exact) mass is 469 g/mol. The van der Waals surface area contributed by atoms with E-state index in [4.69, 9.17) is 9.15 Å². The molecule has 34 heavy (non-hydrogen) atoms. The van der Waals surface area contributed by atoms with Gasteiger partial charge >= 0.3 is 0 Å². The number of hydrogen-bond donors (Lipinski definition) is 0. The molecule has 1 aliphatic rings. The van der Waals surface area contributed by atoms with Crippen molar-refractivity contribution in [2.45, 2.75) is 40.2 Å². The van der Waals surface area contributed by atoms with Crippen LogP contribution < -0.4 is 0 Å². The number of morpholine rings is 1. The number of carbonyl (C=O) groups excluding carboxylic acids is 2. The van der Waals surface area contributed by atoms with Gasteiger partial charge < -0.3 is 19.0 Å². The summed E-state index contributed by atoms with van der Waals surface area (Å²) in [5.41, 5.74) is 1.03. The normalized spacial score (nSPS) is 14.7. The third-order valence-electron chi connectivity index (χ3n) is 5.94. The third-order valence-corrected chi connectivity index (χ3v) is 5.94. The van der Waals surface area contributed by atoms with E-state index in [0.29, 0.717) is 39.3 Å². The summed E-state index contributed by atoms with van der Waals surface area (Å²) < 4.78 is 11.0. The summed E-state index contributed by atoms with van der Waals surface area (Å²) in [5, 5.41) is 0. The maximum absolute atomic E-state index is 13.5. The molecule has 0 atom stereocenters. The number of furan rings is 1. The van der Waals surface area contributed by atoms with Crippen LogP contribution in [0.1, 0.15) is 38.5 Å². The van der Waals surface area contributed by atoms with Gasteiger partial charge in [-0.3, -0.25) is 14.5 Å². The lowest BCUT2D eigenvalue weighted by Crippen LogP contribution is -2.48. The lowest BCUT2D eigenvalue weighted by molar-refractivity contribution is -0.142. The minimum atomic E-state index is -0.140. The summed E-state index contributed by atoms with van der Waals surface area (Å²) in [5.74, 6) is 0.703. The molecule has 2 heterocycles. The minimum Gasteiger partial charge on any atom is -0.467 e. The molecule has 2 aromatic rings. The van der Waals surface area contributed by atoms with Gasteiger partial charge in [0.05, 0.1) is 32.6 Å². The Bertz CT molecular complexity index is 871. The standard InChI is InChI=1S/C27H39N3O4/c1-27(2,3)20-25(31)30(14-13-28-15-18-33-19-16-28)22-26(32)29(21-24-10-7-17-34-24)12-11-23-8-5-4-6-9-23/h4-10,17H,11-16,18-22H2,1-3H3. The molecule has 0 bridgehead atoms. The average Bonchev–Trinajstić information content (AvgIpc) is 3.32. The predicted molar refractivity (Wildman–Crippen MR) is 132 cm³/mol. The van der Waals surface area contributed by atoms with Crippen LogP contribution in [0.3, 0.4) is 0 Å². The fourth-order valence-corrected chi connectivity index (χ4v) is 4.00. The number of rotatable bonds is 11. The summed E-state index contributed by atoms with van der Waals surface area (Å²) in [6, 6.07) is 13.8. The summed E-state index contributed by atoms with van der Waals surface area (Å²) >= 11 is 0. The van der Waals surface area contributed by atoms with Crippen LogP contribution >= 0.6 is 0 Å². The average molecular weight is 470 g/mol. The summed E-state index contributed by atoms with van der Waals surface area (Å²) in [6.07, 6.45) is 2.78. The molecule has 0 spiro atoms. The van der Waals surface area contributed by atoms with Gasteiger partial charge in [-0.2, -0.15) is 0 Å². The third kappa shape index (κ3) is 8.95. The van der Waals surface area contributed by atoms with Crippen molar-refractivity contribution in [2.75, 3.05) is 52.5 Å². The Kier molecular flexibility index (Phi) is 9.72. The second-order valence-electron chi connectivity index (χ2n) is 10.1. The van der Waals surface area contributed by atoms with Crippen LogP contribution in [0, 0.1) is 5.41 Å². The van der Waals surface area contributed by atoms with Crippen molar-refractivity contribution in [1.82, 2.24) is 14.7 Å². The molecule has 1 aromatic heterocycles. The first kappa shape index (κ1) is 26.0. The van der Waals surface area contributed by atoms with Gasteiger partial charge in [-0.1, -0.05) is 51.1 Å². The Morgan fingerprint density at radius 1 is 0.941 bits per heavy atom. The van der Waals surface area contributed by atoms with E-state index >= 15 is 0 Å². The summed E-state index contributed by atoms with van der Waals surface area (Å²) in [6.45, 7) is 11.6. The fraction of sp³-hybridized carbons (Fsp3) is 0.556. The first-order valence-corrected chi connectivity index (χ1v) is 12.2. The van der Waals surface area contributed by atoms with E-state index in [9.17, 15) is 9.59 Å². The Labute approximate surface area is 203 Å². The number of benzene rings is 1. The fourth-order valence-electron chi connectivity index (χ4n) is 4.00. The number of hydrogen-bond acceptors (Lipinski definition) is 5. The zero-order valence-electron chi connectivity index (χ0n) is 20.9. The molecule has 2 amide bonds. The highest BCUT2D eigenvalue weighted by Gasteiger charge is 2.26. The predicted octanol–water partition coefficient (Wildman–Crippen LogP) is 3.45. The van der Waals surface area contributed by atoms with E-state index in [-0.39, 0.29) is 23.8 Å². The lowest BCUT2D eigenvalue weighted by atomic mass is 9.91. The molecular formula is C27H39N3O4. The van der Waals surface area contributed by atoms with Gasteiger partial charge in [0, 0.05) is 39.1 Å². The Hall–Kier alpha value is -2.64. The van der Waals surface area contributed by atoms with Gasteiger partial charge in [0.2, 0.25) is 11.8 Å². The van der Waals surface area contributed by atoms with Crippen molar-refractivity contribution in [3.8, 4) is 0 Å². The molecule has 0 N–H and O–H groups in total. The minimum absolute atomic E-state index is 0.0233. The molecule has 1 aliphatic heterocycles. The van der Waals surface area contributed by atoms with Gasteiger partial charge in [-0.25, -0.2) is 0 Å². The highest BCUT2D eigenvalue weighted by atomic mass is 16.5. The van der Waals surface area contributed by atoms with Crippen molar-refractivity contribution in [3.63, 3.8) is 0 Å². The smallest absolute Gasteiger partial charge is 0.242 e. The van der Waals surface area contributed by atoms with Gasteiger partial charge in [0.25, 0.3) is 0 Å². The van der Waals surface area contributed by atoms with Crippen LogP contribution in [-0.4, -0.2) is 79.0 Å². The van der Waals surface area contributed by atoms with E-state index in [1.807, 2.05) is 30.3 Å². The van der Waals surface area contributed by atoms with E-state index in [1.165, 1.54) is 5.56 Å². The Balaban J connectivity index is 1.68.